The number of rotatable bonds is 49. The van der Waals surface area contributed by atoms with Crippen molar-refractivity contribution in [3.63, 3.8) is 0 Å². The van der Waals surface area contributed by atoms with Crippen LogP contribution >= 0.6 is 0 Å². The van der Waals surface area contributed by atoms with Crippen molar-refractivity contribution in [1.29, 1.82) is 0 Å². The molecule has 0 radical (unpaired) electrons. The van der Waals surface area contributed by atoms with Crippen LogP contribution in [0.25, 0.3) is 0 Å². The van der Waals surface area contributed by atoms with Crippen LogP contribution in [0.5, 0.6) is 0 Å². The van der Waals surface area contributed by atoms with Crippen molar-refractivity contribution in [2.75, 3.05) is 6.54 Å². The Labute approximate surface area is 366 Å². The third-order valence-electron chi connectivity index (χ3n) is 12.5. The standard InChI is InChI=1S/C56H107NO/c1-4-7-10-13-16-19-22-25-27-29-30-31-32-33-35-38-41-44-47-50-53-55(52-49-46-43-40-37-24-21-18-15-12-9-6-3)56(58)57-54-51-48-45-42-39-36-34-28-26-23-20-17-14-11-8-5-2/h21,24-28,55H,4-20,22-23,29-54H2,1-3H3,(H,57,58)/b24-21-,27-25-,28-26+. The molecule has 0 aromatic rings. The lowest BCUT2D eigenvalue weighted by Gasteiger charge is -2.17. The van der Waals surface area contributed by atoms with Gasteiger partial charge in [-0.2, -0.15) is 0 Å². The van der Waals surface area contributed by atoms with Crippen LogP contribution in [0.3, 0.4) is 0 Å². The third kappa shape index (κ3) is 47.4. The minimum Gasteiger partial charge on any atom is -0.356 e. The van der Waals surface area contributed by atoms with Gasteiger partial charge >= 0.3 is 0 Å². The van der Waals surface area contributed by atoms with Gasteiger partial charge in [-0.3, -0.25) is 4.79 Å². The fourth-order valence-electron chi connectivity index (χ4n) is 8.41. The van der Waals surface area contributed by atoms with Crippen molar-refractivity contribution in [3.8, 4) is 0 Å². The van der Waals surface area contributed by atoms with E-state index in [0.717, 1.165) is 25.8 Å². The van der Waals surface area contributed by atoms with E-state index < -0.39 is 0 Å². The fourth-order valence-corrected chi connectivity index (χ4v) is 8.41. The first-order chi connectivity index (χ1) is 28.8. The van der Waals surface area contributed by atoms with Crippen LogP contribution in [-0.4, -0.2) is 12.5 Å². The van der Waals surface area contributed by atoms with Gasteiger partial charge < -0.3 is 5.32 Å². The summed E-state index contributed by atoms with van der Waals surface area (Å²) in [6.45, 7) is 7.75. The maximum Gasteiger partial charge on any atom is 0.223 e. The highest BCUT2D eigenvalue weighted by Gasteiger charge is 2.17. The van der Waals surface area contributed by atoms with Crippen LogP contribution < -0.4 is 5.32 Å². The van der Waals surface area contributed by atoms with Crippen molar-refractivity contribution >= 4 is 5.91 Å². The molecule has 0 spiro atoms. The Morgan fingerprint density at radius 2 is 0.534 bits per heavy atom. The Balaban J connectivity index is 4.10. The van der Waals surface area contributed by atoms with E-state index in [0.29, 0.717) is 5.91 Å². The molecule has 1 amide bonds. The summed E-state index contributed by atoms with van der Waals surface area (Å²) >= 11 is 0. The van der Waals surface area contributed by atoms with Crippen LogP contribution in [0.4, 0.5) is 0 Å². The number of carbonyl (C=O) groups excluding carboxylic acids is 1. The van der Waals surface area contributed by atoms with Gasteiger partial charge in [-0.1, -0.05) is 243 Å². The second-order valence-corrected chi connectivity index (χ2v) is 18.4. The molecular formula is C56H107NO. The zero-order valence-electron chi connectivity index (χ0n) is 40.3. The average molecular weight is 810 g/mol. The largest absolute Gasteiger partial charge is 0.356 e. The molecule has 0 aliphatic heterocycles. The van der Waals surface area contributed by atoms with Gasteiger partial charge in [0.25, 0.3) is 0 Å². The highest BCUT2D eigenvalue weighted by molar-refractivity contribution is 5.78. The lowest BCUT2D eigenvalue weighted by molar-refractivity contribution is -0.125. The number of hydrogen-bond donors (Lipinski definition) is 1. The highest BCUT2D eigenvalue weighted by atomic mass is 16.1. The molecule has 0 heterocycles. The van der Waals surface area contributed by atoms with Crippen LogP contribution in [0, 0.1) is 5.92 Å². The van der Waals surface area contributed by atoms with Crippen molar-refractivity contribution in [1.82, 2.24) is 5.32 Å². The van der Waals surface area contributed by atoms with Gasteiger partial charge in [-0.05, 0) is 96.3 Å². The summed E-state index contributed by atoms with van der Waals surface area (Å²) in [6.07, 6.45) is 73.0. The summed E-state index contributed by atoms with van der Waals surface area (Å²) in [4.78, 5) is 13.3. The van der Waals surface area contributed by atoms with Gasteiger partial charge in [-0.15, -0.1) is 0 Å². The molecule has 1 unspecified atom stereocenters. The molecule has 0 bridgehead atoms. The van der Waals surface area contributed by atoms with E-state index in [1.165, 1.54) is 263 Å². The predicted molar refractivity (Wildman–Crippen MR) is 264 cm³/mol. The first-order valence-corrected chi connectivity index (χ1v) is 27.0. The van der Waals surface area contributed by atoms with Gasteiger partial charge in [0.05, 0.1) is 0 Å². The SMILES string of the molecule is CCCCCC/C=C\CCCCCCC(CCCCCCCCCCCC/C=C\CCCCCCCC)C(=O)NCCCCCCCC/C=C/CCCCCCCC. The first kappa shape index (κ1) is 56.7. The molecule has 0 aromatic heterocycles. The quantitative estimate of drug-likeness (QED) is 0.0481. The third-order valence-corrected chi connectivity index (χ3v) is 12.5. The Kier molecular flexibility index (Phi) is 50.7. The van der Waals surface area contributed by atoms with Crippen LogP contribution in [0.1, 0.15) is 303 Å². The molecule has 0 rings (SSSR count). The van der Waals surface area contributed by atoms with E-state index >= 15 is 0 Å². The fraction of sp³-hybridized carbons (Fsp3) is 0.875. The zero-order chi connectivity index (χ0) is 41.9. The van der Waals surface area contributed by atoms with Crippen molar-refractivity contribution < 1.29 is 4.79 Å². The van der Waals surface area contributed by atoms with E-state index in [1.807, 2.05) is 0 Å². The number of nitrogens with one attached hydrogen (secondary N) is 1. The molecule has 1 N–H and O–H groups in total. The Hall–Kier alpha value is -1.31. The molecule has 0 fully saturated rings. The van der Waals surface area contributed by atoms with Gasteiger partial charge in [-0.25, -0.2) is 0 Å². The topological polar surface area (TPSA) is 29.1 Å². The lowest BCUT2D eigenvalue weighted by atomic mass is 9.93. The summed E-state index contributed by atoms with van der Waals surface area (Å²) in [7, 11) is 0. The zero-order valence-corrected chi connectivity index (χ0v) is 40.3. The number of carbonyl (C=O) groups is 1. The number of allylic oxidation sites excluding steroid dienone is 6. The summed E-state index contributed by atoms with van der Waals surface area (Å²) in [6, 6.07) is 0. The average Bonchev–Trinajstić information content (AvgIpc) is 3.23. The Bertz CT molecular complexity index is 857. The predicted octanol–water partition coefficient (Wildman–Crippen LogP) is 19.6. The van der Waals surface area contributed by atoms with Crippen LogP contribution in [-0.2, 0) is 4.79 Å². The molecule has 0 saturated carbocycles. The second kappa shape index (κ2) is 51.8. The minimum atomic E-state index is 0.225. The van der Waals surface area contributed by atoms with E-state index in [-0.39, 0.29) is 5.92 Å². The minimum absolute atomic E-state index is 0.225. The van der Waals surface area contributed by atoms with E-state index in [2.05, 4.69) is 62.5 Å². The molecule has 58 heavy (non-hydrogen) atoms. The number of hydrogen-bond acceptors (Lipinski definition) is 1. The van der Waals surface area contributed by atoms with E-state index in [9.17, 15) is 4.79 Å². The van der Waals surface area contributed by atoms with Crippen molar-refractivity contribution in [2.45, 2.75) is 303 Å². The van der Waals surface area contributed by atoms with E-state index in [4.69, 9.17) is 0 Å². The second-order valence-electron chi connectivity index (χ2n) is 18.4. The van der Waals surface area contributed by atoms with Crippen molar-refractivity contribution in [2.24, 2.45) is 5.92 Å². The van der Waals surface area contributed by atoms with Gasteiger partial charge in [0.15, 0.2) is 0 Å². The highest BCUT2D eigenvalue weighted by Crippen LogP contribution is 2.21. The maximum absolute atomic E-state index is 13.3. The monoisotopic (exact) mass is 810 g/mol. The molecule has 0 aliphatic carbocycles. The molecule has 0 aromatic carbocycles. The Morgan fingerprint density at radius 1 is 0.310 bits per heavy atom. The Morgan fingerprint density at radius 3 is 0.828 bits per heavy atom. The van der Waals surface area contributed by atoms with Crippen molar-refractivity contribution in [3.05, 3.63) is 36.5 Å². The maximum atomic E-state index is 13.3. The van der Waals surface area contributed by atoms with Crippen LogP contribution in [0.2, 0.25) is 0 Å². The lowest BCUT2D eigenvalue weighted by Crippen LogP contribution is -2.31. The molecule has 0 saturated heterocycles. The molecule has 2 heteroatoms. The molecular weight excluding hydrogens is 703 g/mol. The summed E-state index contributed by atoms with van der Waals surface area (Å²) < 4.78 is 0. The summed E-state index contributed by atoms with van der Waals surface area (Å²) in [5.41, 5.74) is 0. The summed E-state index contributed by atoms with van der Waals surface area (Å²) in [5.74, 6) is 0.578. The first-order valence-electron chi connectivity index (χ1n) is 27.0. The molecule has 1 atom stereocenters. The summed E-state index contributed by atoms with van der Waals surface area (Å²) in [5, 5.41) is 3.38. The van der Waals surface area contributed by atoms with Gasteiger partial charge in [0, 0.05) is 12.5 Å². The van der Waals surface area contributed by atoms with Gasteiger partial charge in [0.2, 0.25) is 5.91 Å². The normalized spacial score (nSPS) is 12.5. The molecule has 0 aliphatic rings. The number of amides is 1. The van der Waals surface area contributed by atoms with E-state index in [1.54, 1.807) is 0 Å². The molecule has 2 nitrogen and oxygen atoms in total. The smallest absolute Gasteiger partial charge is 0.223 e. The number of unbranched alkanes of at least 4 members (excludes halogenated alkanes) is 36. The van der Waals surface area contributed by atoms with Crippen LogP contribution in [0.15, 0.2) is 36.5 Å². The van der Waals surface area contributed by atoms with Gasteiger partial charge in [0.1, 0.15) is 0 Å². The molecule has 342 valence electrons.